The van der Waals surface area contributed by atoms with Crippen LogP contribution in [-0.4, -0.2) is 32.9 Å². The number of aromatic nitrogens is 1. The molecule has 5 rings (SSSR count). The lowest BCUT2D eigenvalue weighted by Crippen LogP contribution is -2.65. The number of benzene rings is 1. The van der Waals surface area contributed by atoms with Gasteiger partial charge in [0.1, 0.15) is 11.2 Å². The first kappa shape index (κ1) is 21.3. The molecular formula is C26H31N3O2S. The molecular weight excluding hydrogens is 418 g/mol. The van der Waals surface area contributed by atoms with Gasteiger partial charge >= 0.3 is 0 Å². The van der Waals surface area contributed by atoms with Gasteiger partial charge in [0.15, 0.2) is 0 Å². The Morgan fingerprint density at radius 3 is 2.59 bits per heavy atom. The standard InChI is InChI=1S/C26H31N3O2S/c1-17-9-11-20(12-10-17)27-25(31)26(3)16-28-21-13-14-32-23(21)15-22(28)24(30)29(26)18(2)19-7-5-4-6-8-19/h4-8,13-15,17-18,20H,9-12,16H2,1-3H3,(H,27,31). The van der Waals surface area contributed by atoms with Crippen molar-refractivity contribution in [1.82, 2.24) is 14.8 Å². The van der Waals surface area contributed by atoms with E-state index in [9.17, 15) is 9.59 Å². The third-order valence-corrected chi connectivity index (χ3v) is 8.32. The van der Waals surface area contributed by atoms with Crippen LogP contribution in [0.4, 0.5) is 0 Å². The summed E-state index contributed by atoms with van der Waals surface area (Å²) in [5, 5.41) is 5.37. The quantitative estimate of drug-likeness (QED) is 0.582. The van der Waals surface area contributed by atoms with E-state index in [0.29, 0.717) is 12.2 Å². The summed E-state index contributed by atoms with van der Waals surface area (Å²) in [7, 11) is 0. The van der Waals surface area contributed by atoms with E-state index in [-0.39, 0.29) is 23.9 Å². The molecule has 2 unspecified atom stereocenters. The SMILES string of the molecule is CC1CCC(NC(=O)C2(C)Cn3c(cc4sccc43)C(=O)N2C(C)c2ccccc2)CC1. The van der Waals surface area contributed by atoms with Crippen molar-refractivity contribution in [2.75, 3.05) is 0 Å². The molecule has 1 saturated carbocycles. The Labute approximate surface area is 193 Å². The highest BCUT2D eigenvalue weighted by Crippen LogP contribution is 2.39. The first-order valence-electron chi connectivity index (χ1n) is 11.6. The highest BCUT2D eigenvalue weighted by molar-refractivity contribution is 7.17. The molecule has 0 spiro atoms. The molecule has 32 heavy (non-hydrogen) atoms. The lowest BCUT2D eigenvalue weighted by Gasteiger charge is -2.47. The minimum atomic E-state index is -0.976. The fourth-order valence-electron chi connectivity index (χ4n) is 5.47. The van der Waals surface area contributed by atoms with Gasteiger partial charge < -0.3 is 14.8 Å². The zero-order valence-electron chi connectivity index (χ0n) is 19.0. The van der Waals surface area contributed by atoms with Gasteiger partial charge in [0.05, 0.1) is 22.8 Å². The van der Waals surface area contributed by atoms with Gasteiger partial charge in [0, 0.05) is 6.04 Å². The first-order valence-corrected chi connectivity index (χ1v) is 12.5. The number of nitrogens with one attached hydrogen (secondary N) is 1. The molecule has 5 nitrogen and oxygen atoms in total. The minimum Gasteiger partial charge on any atom is -0.351 e. The Kier molecular flexibility index (Phi) is 5.36. The van der Waals surface area contributed by atoms with Crippen LogP contribution >= 0.6 is 11.3 Å². The summed E-state index contributed by atoms with van der Waals surface area (Å²) in [4.78, 5) is 29.6. The van der Waals surface area contributed by atoms with E-state index in [0.717, 1.165) is 47.4 Å². The van der Waals surface area contributed by atoms with Gasteiger partial charge in [-0.1, -0.05) is 37.3 Å². The summed E-state index contributed by atoms with van der Waals surface area (Å²) in [6.07, 6.45) is 4.30. The number of hydrogen-bond donors (Lipinski definition) is 1. The van der Waals surface area contributed by atoms with Crippen LogP contribution in [0, 0.1) is 5.92 Å². The molecule has 6 heteroatoms. The number of nitrogens with zero attached hydrogens (tertiary/aromatic N) is 2. The van der Waals surface area contributed by atoms with Crippen LogP contribution < -0.4 is 5.32 Å². The smallest absolute Gasteiger partial charge is 0.272 e. The predicted molar refractivity (Wildman–Crippen MR) is 129 cm³/mol. The third kappa shape index (κ3) is 3.45. The van der Waals surface area contributed by atoms with Crippen LogP contribution in [0.5, 0.6) is 0 Å². The van der Waals surface area contributed by atoms with Crippen molar-refractivity contribution in [3.05, 3.63) is 59.1 Å². The van der Waals surface area contributed by atoms with E-state index in [4.69, 9.17) is 0 Å². The largest absolute Gasteiger partial charge is 0.351 e. The fourth-order valence-corrected chi connectivity index (χ4v) is 6.29. The Bertz CT molecular complexity index is 1140. The number of fused-ring (bicyclic) bond motifs is 3. The molecule has 1 fully saturated rings. The van der Waals surface area contributed by atoms with Gasteiger partial charge in [0.25, 0.3) is 5.91 Å². The van der Waals surface area contributed by atoms with Crippen molar-refractivity contribution >= 4 is 33.4 Å². The number of amides is 2. The molecule has 1 aromatic carbocycles. The summed E-state index contributed by atoms with van der Waals surface area (Å²) >= 11 is 1.63. The molecule has 2 atom stereocenters. The Morgan fingerprint density at radius 1 is 1.16 bits per heavy atom. The van der Waals surface area contributed by atoms with Gasteiger partial charge in [-0.3, -0.25) is 9.59 Å². The van der Waals surface area contributed by atoms with Crippen LogP contribution in [0.1, 0.15) is 68.5 Å². The fraction of sp³-hybridized carbons (Fsp3) is 0.462. The molecule has 168 valence electrons. The molecule has 2 aliphatic rings. The van der Waals surface area contributed by atoms with Gasteiger partial charge in [-0.25, -0.2) is 0 Å². The second kappa shape index (κ2) is 8.07. The van der Waals surface area contributed by atoms with E-state index in [1.807, 2.05) is 71.2 Å². The topological polar surface area (TPSA) is 54.3 Å². The maximum absolute atomic E-state index is 13.9. The zero-order chi connectivity index (χ0) is 22.5. The van der Waals surface area contributed by atoms with Crippen molar-refractivity contribution in [3.8, 4) is 0 Å². The van der Waals surface area contributed by atoms with Crippen LogP contribution in [0.3, 0.4) is 0 Å². The number of rotatable bonds is 4. The van der Waals surface area contributed by atoms with Gasteiger partial charge in [-0.05, 0) is 68.5 Å². The monoisotopic (exact) mass is 449 g/mol. The van der Waals surface area contributed by atoms with Gasteiger partial charge in [-0.2, -0.15) is 0 Å². The molecule has 3 aromatic rings. The molecule has 1 aliphatic carbocycles. The summed E-state index contributed by atoms with van der Waals surface area (Å²) < 4.78 is 3.14. The molecule has 0 saturated heterocycles. The molecule has 1 aliphatic heterocycles. The molecule has 2 amide bonds. The first-order chi connectivity index (χ1) is 15.4. The van der Waals surface area contributed by atoms with Crippen molar-refractivity contribution < 1.29 is 9.59 Å². The summed E-state index contributed by atoms with van der Waals surface area (Å²) in [5.41, 5.74) is 1.77. The number of carbonyl (C=O) groups excluding carboxylic acids is 2. The Balaban J connectivity index is 1.54. The van der Waals surface area contributed by atoms with Crippen molar-refractivity contribution in [2.45, 2.75) is 70.6 Å². The van der Waals surface area contributed by atoms with Crippen molar-refractivity contribution in [1.29, 1.82) is 0 Å². The lowest BCUT2D eigenvalue weighted by atomic mass is 9.86. The van der Waals surface area contributed by atoms with Crippen LogP contribution in [0.15, 0.2) is 47.8 Å². The number of hydrogen-bond acceptors (Lipinski definition) is 3. The maximum atomic E-state index is 13.9. The summed E-state index contributed by atoms with van der Waals surface area (Å²) in [6.45, 7) is 6.71. The van der Waals surface area contributed by atoms with E-state index >= 15 is 0 Å². The highest BCUT2D eigenvalue weighted by atomic mass is 32.1. The highest BCUT2D eigenvalue weighted by Gasteiger charge is 2.50. The predicted octanol–water partition coefficient (Wildman–Crippen LogP) is 5.37. The van der Waals surface area contributed by atoms with Crippen LogP contribution in [0.25, 0.3) is 10.2 Å². The van der Waals surface area contributed by atoms with E-state index in [1.165, 1.54) is 0 Å². The van der Waals surface area contributed by atoms with Crippen LogP contribution in [0.2, 0.25) is 0 Å². The van der Waals surface area contributed by atoms with E-state index in [1.54, 1.807) is 11.3 Å². The summed E-state index contributed by atoms with van der Waals surface area (Å²) in [6, 6.07) is 14.0. The maximum Gasteiger partial charge on any atom is 0.272 e. The normalized spacial score (nSPS) is 26.7. The van der Waals surface area contributed by atoms with E-state index in [2.05, 4.69) is 12.2 Å². The molecule has 3 heterocycles. The van der Waals surface area contributed by atoms with Gasteiger partial charge in [-0.15, -0.1) is 11.3 Å². The van der Waals surface area contributed by atoms with Crippen molar-refractivity contribution in [3.63, 3.8) is 0 Å². The molecule has 1 N–H and O–H groups in total. The van der Waals surface area contributed by atoms with E-state index < -0.39 is 5.54 Å². The van der Waals surface area contributed by atoms with Crippen LogP contribution in [-0.2, 0) is 11.3 Å². The average molecular weight is 450 g/mol. The number of thiophene rings is 1. The lowest BCUT2D eigenvalue weighted by molar-refractivity contribution is -0.135. The third-order valence-electron chi connectivity index (χ3n) is 7.47. The second-order valence-corrected chi connectivity index (χ2v) is 10.7. The molecule has 0 radical (unpaired) electrons. The minimum absolute atomic E-state index is 0.0455. The zero-order valence-corrected chi connectivity index (χ0v) is 19.8. The molecule has 0 bridgehead atoms. The molecule has 2 aromatic heterocycles. The Morgan fingerprint density at radius 2 is 1.88 bits per heavy atom. The van der Waals surface area contributed by atoms with Crippen molar-refractivity contribution in [2.24, 2.45) is 5.92 Å². The summed E-state index contributed by atoms with van der Waals surface area (Å²) in [5.74, 6) is 0.598. The Hall–Kier alpha value is -2.60. The average Bonchev–Trinajstić information content (AvgIpc) is 3.38. The van der Waals surface area contributed by atoms with Gasteiger partial charge in [0.2, 0.25) is 5.91 Å². The number of carbonyl (C=O) groups is 2. The second-order valence-electron chi connectivity index (χ2n) is 9.75.